The fourth-order valence-corrected chi connectivity index (χ4v) is 3.58. The molecule has 0 saturated carbocycles. The molecule has 18 heavy (non-hydrogen) atoms. The second-order valence-electron chi connectivity index (χ2n) is 4.61. The molecule has 8 heteroatoms. The molecule has 104 valence electrons. The molecule has 0 aromatic carbocycles. The van der Waals surface area contributed by atoms with Crippen molar-refractivity contribution in [3.63, 3.8) is 0 Å². The minimum atomic E-state index is -3.78. The van der Waals surface area contributed by atoms with E-state index in [2.05, 4.69) is 10.1 Å². The number of amides is 1. The molecule has 0 aromatic rings. The first-order valence-electron chi connectivity index (χ1n) is 6.22. The Labute approximate surface area is 107 Å². The minimum Gasteiger partial charge on any atom is -0.449 e. The van der Waals surface area contributed by atoms with Crippen LogP contribution in [0.1, 0.15) is 26.2 Å². The summed E-state index contributed by atoms with van der Waals surface area (Å²) in [5, 5.41) is 3.38. The number of carbonyl (C=O) groups is 1. The average molecular weight is 277 g/mol. The van der Waals surface area contributed by atoms with Gasteiger partial charge >= 0.3 is 16.3 Å². The maximum Gasteiger partial charge on any atom is 0.421 e. The Morgan fingerprint density at radius 3 is 2.83 bits per heavy atom. The van der Waals surface area contributed by atoms with Gasteiger partial charge in [-0.2, -0.15) is 12.7 Å². The van der Waals surface area contributed by atoms with Crippen molar-refractivity contribution in [2.45, 2.75) is 38.3 Å². The van der Waals surface area contributed by atoms with Crippen molar-refractivity contribution >= 4 is 16.3 Å². The highest BCUT2D eigenvalue weighted by atomic mass is 32.2. The van der Waals surface area contributed by atoms with Crippen LogP contribution < -0.4 is 10.0 Å². The van der Waals surface area contributed by atoms with Gasteiger partial charge in [-0.1, -0.05) is 0 Å². The third-order valence-corrected chi connectivity index (χ3v) is 4.75. The van der Waals surface area contributed by atoms with Crippen LogP contribution in [0.5, 0.6) is 0 Å². The Morgan fingerprint density at radius 1 is 1.39 bits per heavy atom. The number of fused-ring (bicyclic) bond motifs is 2. The summed E-state index contributed by atoms with van der Waals surface area (Å²) in [6.07, 6.45) is 1.94. The fraction of sp³-hybridized carbons (Fsp3) is 0.900. The number of nitrogens with one attached hydrogen (secondary N) is 2. The van der Waals surface area contributed by atoms with E-state index in [1.165, 1.54) is 4.31 Å². The normalized spacial score (nSPS) is 28.7. The molecular weight excluding hydrogens is 258 g/mol. The second kappa shape index (κ2) is 5.41. The van der Waals surface area contributed by atoms with Crippen LogP contribution in [0, 0.1) is 0 Å². The van der Waals surface area contributed by atoms with E-state index in [0.717, 1.165) is 19.3 Å². The predicted molar refractivity (Wildman–Crippen MR) is 65.2 cm³/mol. The number of rotatable bonds is 3. The van der Waals surface area contributed by atoms with Gasteiger partial charge in [0.2, 0.25) is 0 Å². The van der Waals surface area contributed by atoms with Crippen molar-refractivity contribution in [3.05, 3.63) is 0 Å². The molecule has 2 saturated heterocycles. The Hall–Kier alpha value is -0.860. The summed E-state index contributed by atoms with van der Waals surface area (Å²) in [5.41, 5.74) is 0. The quantitative estimate of drug-likeness (QED) is 0.746. The van der Waals surface area contributed by atoms with Gasteiger partial charge in [0, 0.05) is 25.2 Å². The molecule has 7 nitrogen and oxygen atoms in total. The summed E-state index contributed by atoms with van der Waals surface area (Å²) in [4.78, 5) is 11.2. The van der Waals surface area contributed by atoms with Crippen molar-refractivity contribution in [1.82, 2.24) is 14.3 Å². The van der Waals surface area contributed by atoms with Crippen molar-refractivity contribution < 1.29 is 17.9 Å². The minimum absolute atomic E-state index is 0.146. The Balaban J connectivity index is 1.99. The number of nitrogens with zero attached hydrogens (tertiary/aromatic N) is 1. The van der Waals surface area contributed by atoms with Gasteiger partial charge in [0.05, 0.1) is 6.61 Å². The number of ether oxygens (including phenoxy) is 1. The van der Waals surface area contributed by atoms with E-state index in [9.17, 15) is 13.2 Å². The number of carbonyl (C=O) groups excluding carboxylic acids is 1. The summed E-state index contributed by atoms with van der Waals surface area (Å²) >= 11 is 0. The van der Waals surface area contributed by atoms with Crippen LogP contribution in [0.15, 0.2) is 0 Å². The summed E-state index contributed by atoms with van der Waals surface area (Å²) in [6, 6.07) is 0.592. The Kier molecular flexibility index (Phi) is 4.08. The van der Waals surface area contributed by atoms with E-state index in [4.69, 9.17) is 0 Å². The van der Waals surface area contributed by atoms with Crippen molar-refractivity contribution in [2.75, 3.05) is 19.7 Å². The van der Waals surface area contributed by atoms with Gasteiger partial charge in [0.25, 0.3) is 0 Å². The van der Waals surface area contributed by atoms with Crippen molar-refractivity contribution in [3.8, 4) is 0 Å². The van der Waals surface area contributed by atoms with Gasteiger partial charge < -0.3 is 10.1 Å². The Morgan fingerprint density at radius 2 is 2.11 bits per heavy atom. The molecule has 0 radical (unpaired) electrons. The fourth-order valence-electron chi connectivity index (χ4n) is 2.46. The molecule has 0 aliphatic carbocycles. The van der Waals surface area contributed by atoms with E-state index in [1.807, 2.05) is 4.72 Å². The van der Waals surface area contributed by atoms with Gasteiger partial charge in [-0.15, -0.1) is 0 Å². The van der Waals surface area contributed by atoms with Crippen LogP contribution in [0.4, 0.5) is 4.79 Å². The molecular formula is C10H19N3O4S. The molecule has 2 fully saturated rings. The monoisotopic (exact) mass is 277 g/mol. The van der Waals surface area contributed by atoms with Crippen LogP contribution in [0.2, 0.25) is 0 Å². The molecule has 2 unspecified atom stereocenters. The third-order valence-electron chi connectivity index (χ3n) is 3.31. The maximum absolute atomic E-state index is 12.0. The van der Waals surface area contributed by atoms with Gasteiger partial charge in [0.15, 0.2) is 0 Å². The summed E-state index contributed by atoms with van der Waals surface area (Å²) in [7, 11) is -3.78. The van der Waals surface area contributed by atoms with E-state index >= 15 is 0 Å². The van der Waals surface area contributed by atoms with E-state index in [-0.39, 0.29) is 12.6 Å². The van der Waals surface area contributed by atoms with Gasteiger partial charge in [-0.3, -0.25) is 0 Å². The van der Waals surface area contributed by atoms with Crippen LogP contribution in [0.3, 0.4) is 0 Å². The zero-order chi connectivity index (χ0) is 13.2. The zero-order valence-corrected chi connectivity index (χ0v) is 11.2. The van der Waals surface area contributed by atoms with E-state index in [0.29, 0.717) is 19.1 Å². The molecule has 2 rings (SSSR count). The molecule has 2 aliphatic heterocycles. The maximum atomic E-state index is 12.0. The third kappa shape index (κ3) is 3.12. The lowest BCUT2D eigenvalue weighted by atomic mass is 10.1. The standard InChI is InChI=1S/C10H19N3O4S/c1-2-17-10(14)12-18(15,16)13-6-5-8-3-4-9(7-13)11-8/h8-9,11H,2-7H2,1H3,(H,12,14). The second-order valence-corrected chi connectivity index (χ2v) is 6.28. The molecule has 0 spiro atoms. The molecule has 1 amide bonds. The molecule has 2 atom stereocenters. The highest BCUT2D eigenvalue weighted by Gasteiger charge is 2.34. The lowest BCUT2D eigenvalue weighted by molar-refractivity contribution is 0.158. The van der Waals surface area contributed by atoms with Crippen molar-refractivity contribution in [1.29, 1.82) is 0 Å². The zero-order valence-electron chi connectivity index (χ0n) is 10.4. The number of hydrogen-bond donors (Lipinski definition) is 2. The summed E-state index contributed by atoms with van der Waals surface area (Å²) in [5.74, 6) is 0. The average Bonchev–Trinajstić information content (AvgIpc) is 2.56. The smallest absolute Gasteiger partial charge is 0.421 e. The van der Waals surface area contributed by atoms with Crippen molar-refractivity contribution in [2.24, 2.45) is 0 Å². The first kappa shape index (κ1) is 13.6. The topological polar surface area (TPSA) is 87.7 Å². The molecule has 2 N–H and O–H groups in total. The molecule has 2 bridgehead atoms. The first-order chi connectivity index (χ1) is 8.51. The van der Waals surface area contributed by atoms with Crippen LogP contribution in [-0.2, 0) is 14.9 Å². The van der Waals surface area contributed by atoms with Gasteiger partial charge in [-0.25, -0.2) is 9.52 Å². The largest absolute Gasteiger partial charge is 0.449 e. The first-order valence-corrected chi connectivity index (χ1v) is 7.66. The van der Waals surface area contributed by atoms with Crippen LogP contribution in [0.25, 0.3) is 0 Å². The summed E-state index contributed by atoms with van der Waals surface area (Å²) < 4.78 is 31.8. The summed E-state index contributed by atoms with van der Waals surface area (Å²) in [6.45, 7) is 2.61. The van der Waals surface area contributed by atoms with Gasteiger partial charge in [0.1, 0.15) is 0 Å². The molecule has 2 heterocycles. The molecule has 0 aromatic heterocycles. The highest BCUT2D eigenvalue weighted by Crippen LogP contribution is 2.21. The number of hydrogen-bond acceptors (Lipinski definition) is 5. The van der Waals surface area contributed by atoms with Crippen LogP contribution in [-0.4, -0.2) is 50.6 Å². The Bertz CT molecular complexity index is 411. The predicted octanol–water partition coefficient (Wildman–Crippen LogP) is -0.196. The van der Waals surface area contributed by atoms with Crippen LogP contribution >= 0.6 is 0 Å². The van der Waals surface area contributed by atoms with Gasteiger partial charge in [-0.05, 0) is 26.2 Å². The lowest BCUT2D eigenvalue weighted by Crippen LogP contribution is -2.47. The van der Waals surface area contributed by atoms with E-state index in [1.54, 1.807) is 6.92 Å². The van der Waals surface area contributed by atoms with E-state index < -0.39 is 16.3 Å². The molecule has 2 aliphatic rings. The lowest BCUT2D eigenvalue weighted by Gasteiger charge is -2.23. The SMILES string of the molecule is CCOC(=O)NS(=O)(=O)N1CCC2CCC(C1)N2. The highest BCUT2D eigenvalue weighted by molar-refractivity contribution is 7.87.